The average Bonchev–Trinajstić information content (AvgIpc) is 2.55. The Labute approximate surface area is 147 Å². The van der Waals surface area contributed by atoms with Crippen LogP contribution in [0.3, 0.4) is 0 Å². The third kappa shape index (κ3) is 6.06. The zero-order valence-corrected chi connectivity index (χ0v) is 14.8. The van der Waals surface area contributed by atoms with Crippen LogP contribution in [0.4, 0.5) is 0 Å². The zero-order chi connectivity index (χ0) is 18.2. The van der Waals surface area contributed by atoms with Gasteiger partial charge in [0.1, 0.15) is 0 Å². The van der Waals surface area contributed by atoms with E-state index in [1.54, 1.807) is 0 Å². The van der Waals surface area contributed by atoms with E-state index < -0.39 is 0 Å². The quantitative estimate of drug-likeness (QED) is 0.638. The van der Waals surface area contributed by atoms with Crippen LogP contribution in [0.5, 0.6) is 0 Å². The van der Waals surface area contributed by atoms with Gasteiger partial charge in [0.15, 0.2) is 0 Å². The maximum absolute atomic E-state index is 12.1. The number of hydrogen-bond donors (Lipinski definition) is 3. The number of pyridine rings is 1. The first-order valence-electron chi connectivity index (χ1n) is 8.59. The zero-order valence-electron chi connectivity index (χ0n) is 14.8. The molecule has 25 heavy (non-hydrogen) atoms. The molecule has 0 unspecified atom stereocenters. The van der Waals surface area contributed by atoms with Gasteiger partial charge in [-0.05, 0) is 49.3 Å². The molecule has 6 nitrogen and oxygen atoms in total. The fourth-order valence-electron chi connectivity index (χ4n) is 2.62. The number of nitrogens with one attached hydrogen (secondary N) is 3. The molecule has 0 aliphatic heterocycles. The lowest BCUT2D eigenvalue weighted by molar-refractivity contribution is -0.121. The first kappa shape index (κ1) is 18.7. The summed E-state index contributed by atoms with van der Waals surface area (Å²) in [6.07, 6.45) is 2.33. The van der Waals surface area contributed by atoms with Crippen molar-refractivity contribution in [1.29, 1.82) is 0 Å². The van der Waals surface area contributed by atoms with Crippen LogP contribution >= 0.6 is 0 Å². The number of H-pyrrole nitrogens is 1. The summed E-state index contributed by atoms with van der Waals surface area (Å²) in [5.74, 6) is -0.109. The molecule has 1 heterocycles. The first-order chi connectivity index (χ1) is 12.0. The van der Waals surface area contributed by atoms with E-state index in [0.29, 0.717) is 25.1 Å². The fraction of sp³-hybridized carbons (Fsp3) is 0.421. The average molecular weight is 343 g/mol. The second kappa shape index (κ2) is 9.01. The van der Waals surface area contributed by atoms with Crippen molar-refractivity contribution >= 4 is 22.7 Å². The van der Waals surface area contributed by atoms with E-state index in [0.717, 1.165) is 29.3 Å². The molecule has 1 aromatic carbocycles. The van der Waals surface area contributed by atoms with Crippen LogP contribution in [0.2, 0.25) is 0 Å². The largest absolute Gasteiger partial charge is 0.356 e. The summed E-state index contributed by atoms with van der Waals surface area (Å²) in [6, 6.07) is 7.76. The molecule has 2 rings (SSSR count). The molecule has 0 atom stereocenters. The maximum Gasteiger partial charge on any atom is 0.251 e. The fourth-order valence-corrected chi connectivity index (χ4v) is 2.62. The topological polar surface area (TPSA) is 91.1 Å². The van der Waals surface area contributed by atoms with Gasteiger partial charge in [-0.15, -0.1) is 0 Å². The minimum Gasteiger partial charge on any atom is -0.356 e. The van der Waals surface area contributed by atoms with Gasteiger partial charge in [-0.2, -0.15) is 0 Å². The molecule has 2 aromatic rings. The maximum atomic E-state index is 12.1. The van der Waals surface area contributed by atoms with E-state index in [1.165, 1.54) is 6.92 Å². The molecule has 0 spiro atoms. The number of hydrogen-bond acceptors (Lipinski definition) is 3. The molecule has 0 fully saturated rings. The van der Waals surface area contributed by atoms with Crippen LogP contribution in [-0.4, -0.2) is 29.9 Å². The number of unbranched alkanes of at least 4 members (excludes halogenated alkanes) is 1. The monoisotopic (exact) mass is 343 g/mol. The Balaban J connectivity index is 1.79. The van der Waals surface area contributed by atoms with Gasteiger partial charge in [0.2, 0.25) is 11.8 Å². The summed E-state index contributed by atoms with van der Waals surface area (Å²) in [4.78, 5) is 37.6. The SMILES string of the molecule is CC(=O)NCCCCNC(=O)CCc1cc2ccc(C)cc2[nH]c1=O. The van der Waals surface area contributed by atoms with Gasteiger partial charge in [0.25, 0.3) is 5.56 Å². The lowest BCUT2D eigenvalue weighted by Gasteiger charge is -2.06. The van der Waals surface area contributed by atoms with Crippen LogP contribution < -0.4 is 16.2 Å². The number of aromatic nitrogens is 1. The van der Waals surface area contributed by atoms with Crippen molar-refractivity contribution < 1.29 is 9.59 Å². The summed E-state index contributed by atoms with van der Waals surface area (Å²) < 4.78 is 0. The van der Waals surface area contributed by atoms with E-state index >= 15 is 0 Å². The Morgan fingerprint density at radius 2 is 1.80 bits per heavy atom. The number of aromatic amines is 1. The molecule has 6 heteroatoms. The summed E-state index contributed by atoms with van der Waals surface area (Å²) in [6.45, 7) is 4.66. The van der Waals surface area contributed by atoms with Crippen LogP contribution in [-0.2, 0) is 16.0 Å². The minimum atomic E-state index is -0.138. The van der Waals surface area contributed by atoms with Crippen molar-refractivity contribution in [1.82, 2.24) is 15.6 Å². The molecule has 1 aromatic heterocycles. The van der Waals surface area contributed by atoms with Crippen molar-refractivity contribution in [3.63, 3.8) is 0 Å². The van der Waals surface area contributed by atoms with E-state index in [1.807, 2.05) is 31.2 Å². The van der Waals surface area contributed by atoms with Crippen LogP contribution in [0, 0.1) is 6.92 Å². The molecule has 0 aliphatic rings. The van der Waals surface area contributed by atoms with Crippen molar-refractivity contribution in [2.75, 3.05) is 13.1 Å². The molecule has 2 amide bonds. The predicted molar refractivity (Wildman–Crippen MR) is 98.6 cm³/mol. The van der Waals surface area contributed by atoms with Crippen LogP contribution in [0.1, 0.15) is 37.3 Å². The summed E-state index contributed by atoms with van der Waals surface area (Å²) >= 11 is 0. The highest BCUT2D eigenvalue weighted by Gasteiger charge is 2.07. The Morgan fingerprint density at radius 3 is 2.52 bits per heavy atom. The van der Waals surface area contributed by atoms with Crippen molar-refractivity contribution in [2.45, 2.75) is 39.5 Å². The van der Waals surface area contributed by atoms with E-state index in [4.69, 9.17) is 0 Å². The lowest BCUT2D eigenvalue weighted by Crippen LogP contribution is -2.27. The van der Waals surface area contributed by atoms with E-state index in [-0.39, 0.29) is 23.8 Å². The van der Waals surface area contributed by atoms with Gasteiger partial charge >= 0.3 is 0 Å². The highest BCUT2D eigenvalue weighted by Crippen LogP contribution is 2.13. The molecule has 134 valence electrons. The highest BCUT2D eigenvalue weighted by molar-refractivity contribution is 5.80. The molecular weight excluding hydrogens is 318 g/mol. The number of aryl methyl sites for hydroxylation is 2. The second-order valence-electron chi connectivity index (χ2n) is 6.25. The third-order valence-corrected chi connectivity index (χ3v) is 4.00. The number of rotatable bonds is 8. The van der Waals surface area contributed by atoms with Gasteiger partial charge in [0, 0.05) is 37.5 Å². The number of benzene rings is 1. The Morgan fingerprint density at radius 1 is 1.08 bits per heavy atom. The minimum absolute atomic E-state index is 0.0418. The van der Waals surface area contributed by atoms with E-state index in [2.05, 4.69) is 15.6 Å². The molecule has 3 N–H and O–H groups in total. The number of amides is 2. The summed E-state index contributed by atoms with van der Waals surface area (Å²) in [7, 11) is 0. The standard InChI is InChI=1S/C19H25N3O3/c1-13-5-6-15-12-16(19(25)22-17(15)11-13)7-8-18(24)21-10-4-3-9-20-14(2)23/h5-6,11-12H,3-4,7-10H2,1-2H3,(H,20,23)(H,21,24)(H,22,25). The van der Waals surface area contributed by atoms with Gasteiger partial charge < -0.3 is 15.6 Å². The Bertz CT molecular complexity index is 811. The molecular formula is C19H25N3O3. The molecule has 0 aliphatic carbocycles. The van der Waals surface area contributed by atoms with Gasteiger partial charge in [-0.25, -0.2) is 0 Å². The molecule has 0 saturated carbocycles. The predicted octanol–water partition coefficient (Wildman–Crippen LogP) is 1.80. The molecule has 0 bridgehead atoms. The van der Waals surface area contributed by atoms with Crippen molar-refractivity contribution in [3.8, 4) is 0 Å². The lowest BCUT2D eigenvalue weighted by atomic mass is 10.1. The summed E-state index contributed by atoms with van der Waals surface area (Å²) in [5, 5.41) is 6.53. The van der Waals surface area contributed by atoms with Gasteiger partial charge in [-0.1, -0.05) is 12.1 Å². The second-order valence-corrected chi connectivity index (χ2v) is 6.25. The van der Waals surface area contributed by atoms with Crippen LogP contribution in [0.15, 0.2) is 29.1 Å². The molecule has 0 saturated heterocycles. The Hall–Kier alpha value is -2.63. The first-order valence-corrected chi connectivity index (χ1v) is 8.59. The highest BCUT2D eigenvalue weighted by atomic mass is 16.2. The van der Waals surface area contributed by atoms with Crippen molar-refractivity contribution in [2.24, 2.45) is 0 Å². The smallest absolute Gasteiger partial charge is 0.251 e. The number of fused-ring (bicyclic) bond motifs is 1. The van der Waals surface area contributed by atoms with Gasteiger partial charge in [0.05, 0.1) is 0 Å². The normalized spacial score (nSPS) is 10.6. The Kier molecular flexibility index (Phi) is 6.74. The number of carbonyl (C=O) groups is 2. The van der Waals surface area contributed by atoms with Crippen molar-refractivity contribution in [3.05, 3.63) is 45.7 Å². The van der Waals surface area contributed by atoms with Crippen LogP contribution in [0.25, 0.3) is 10.9 Å². The third-order valence-electron chi connectivity index (χ3n) is 4.00. The van der Waals surface area contributed by atoms with E-state index in [9.17, 15) is 14.4 Å². The summed E-state index contributed by atoms with van der Waals surface area (Å²) in [5.41, 5.74) is 2.39. The molecule has 0 radical (unpaired) electrons. The van der Waals surface area contributed by atoms with Gasteiger partial charge in [-0.3, -0.25) is 14.4 Å². The number of carbonyl (C=O) groups excluding carboxylic acids is 2.